The van der Waals surface area contributed by atoms with E-state index in [1.807, 2.05) is 27.8 Å². The zero-order valence-corrected chi connectivity index (χ0v) is 28.6. The highest BCUT2D eigenvalue weighted by Crippen LogP contribution is 2.39. The molecule has 3 aliphatic rings. The second kappa shape index (κ2) is 14.3. The number of fused-ring (bicyclic) bond motifs is 1. The predicted octanol–water partition coefficient (Wildman–Crippen LogP) is 5.49. The minimum absolute atomic E-state index is 0.0243. The molecule has 3 aliphatic heterocycles. The number of amides is 4. The second-order valence-corrected chi connectivity index (χ2v) is 14.1. The van der Waals surface area contributed by atoms with Crippen molar-refractivity contribution in [2.75, 3.05) is 61.8 Å². The molecule has 6 rings (SSSR count). The Labute approximate surface area is 289 Å². The highest BCUT2D eigenvalue weighted by molar-refractivity contribution is 9.10. The summed E-state index contributed by atoms with van der Waals surface area (Å²) in [5.74, 6) is -1.35. The van der Waals surface area contributed by atoms with Crippen LogP contribution in [0.5, 0.6) is 0 Å². The predicted molar refractivity (Wildman–Crippen MR) is 182 cm³/mol. The first-order chi connectivity index (χ1) is 23.0. The highest BCUT2D eigenvalue weighted by Gasteiger charge is 2.37. The fourth-order valence-electron chi connectivity index (χ4n) is 6.83. The number of pyridine rings is 1. The van der Waals surface area contributed by atoms with Gasteiger partial charge in [0.15, 0.2) is 0 Å². The molecule has 3 N–H and O–H groups in total. The Hall–Kier alpha value is -3.85. The number of piperazine rings is 1. The average Bonchev–Trinajstić information content (AvgIpc) is 3.45. The molecule has 10 nitrogen and oxygen atoms in total. The number of hydrogen-bond donors (Lipinski definition) is 2. The van der Waals surface area contributed by atoms with E-state index in [2.05, 4.69) is 31.1 Å². The van der Waals surface area contributed by atoms with E-state index in [-0.39, 0.29) is 46.8 Å². The Morgan fingerprint density at radius 1 is 1.02 bits per heavy atom. The quantitative estimate of drug-likeness (QED) is 0.310. The average molecular weight is 749 g/mol. The van der Waals surface area contributed by atoms with Gasteiger partial charge in [-0.05, 0) is 82.4 Å². The van der Waals surface area contributed by atoms with Gasteiger partial charge in [-0.15, -0.1) is 11.3 Å². The lowest BCUT2D eigenvalue weighted by molar-refractivity contribution is -0.142. The van der Waals surface area contributed by atoms with Gasteiger partial charge in [0.1, 0.15) is 0 Å². The lowest BCUT2D eigenvalue weighted by Crippen LogP contribution is -2.52. The van der Waals surface area contributed by atoms with Gasteiger partial charge in [0.2, 0.25) is 11.8 Å². The Morgan fingerprint density at radius 3 is 2.42 bits per heavy atom. The van der Waals surface area contributed by atoms with Crippen molar-refractivity contribution in [3.8, 4) is 0 Å². The minimum Gasteiger partial charge on any atom is -0.397 e. The summed E-state index contributed by atoms with van der Waals surface area (Å²) >= 11 is 4.71. The number of piperidine rings is 1. The van der Waals surface area contributed by atoms with Gasteiger partial charge >= 0.3 is 12.2 Å². The van der Waals surface area contributed by atoms with E-state index in [0.29, 0.717) is 58.7 Å². The fourth-order valence-corrected chi connectivity index (χ4v) is 8.16. The number of carbonyl (C=O) groups excluding carboxylic acids is 3. The lowest BCUT2D eigenvalue weighted by atomic mass is 9.92. The van der Waals surface area contributed by atoms with Gasteiger partial charge in [-0.25, -0.2) is 4.79 Å². The topological polar surface area (TPSA) is 115 Å². The molecule has 0 radical (unpaired) electrons. The molecule has 0 aliphatic carbocycles. The van der Waals surface area contributed by atoms with Crippen LogP contribution >= 0.6 is 27.3 Å². The minimum atomic E-state index is -4.68. The first-order valence-electron chi connectivity index (χ1n) is 16.0. The number of alkyl halides is 3. The third-order valence-corrected chi connectivity index (χ3v) is 10.9. The molecule has 2 aromatic heterocycles. The van der Waals surface area contributed by atoms with Crippen LogP contribution in [0.2, 0.25) is 0 Å². The molecule has 48 heavy (non-hydrogen) atoms. The van der Waals surface area contributed by atoms with Crippen molar-refractivity contribution in [1.29, 1.82) is 0 Å². The van der Waals surface area contributed by atoms with Crippen LogP contribution in [0.15, 0.2) is 51.9 Å². The summed E-state index contributed by atoms with van der Waals surface area (Å²) in [6.45, 7) is 3.43. The Morgan fingerprint density at radius 2 is 1.73 bits per heavy atom. The molecule has 15 heteroatoms. The standard InChI is InChI=1S/C33H37BrF3N7O3S/c34-27-17-21(16-26(30(27)38)33(35,36)37)15-23(31(46)43-13-11-41(12-14-43)24-1-6-39-7-2-24)18-29(45)42-8-4-25(5-9-42)44-10-3-22-19-48-20-28(22)40-32(44)47/h1-2,6-7,16-17,19-20,23,25H,3-5,8-15,18,38H2,(H,40,47)/t23-/m0/s1. The van der Waals surface area contributed by atoms with Gasteiger partial charge in [0.05, 0.1) is 22.9 Å². The Balaban J connectivity index is 1.14. The Kier molecular flexibility index (Phi) is 10.2. The third-order valence-electron chi connectivity index (χ3n) is 9.49. The maximum atomic E-state index is 14.0. The number of nitrogen functional groups attached to an aromatic ring is 1. The molecular formula is C33H37BrF3N7O3S. The highest BCUT2D eigenvalue weighted by atomic mass is 79.9. The number of carbonyl (C=O) groups is 3. The molecule has 1 atom stereocenters. The summed E-state index contributed by atoms with van der Waals surface area (Å²) in [5, 5.41) is 6.98. The summed E-state index contributed by atoms with van der Waals surface area (Å²) in [5.41, 5.74) is 7.57. The summed E-state index contributed by atoms with van der Waals surface area (Å²) in [4.78, 5) is 52.2. The van der Waals surface area contributed by atoms with Crippen molar-refractivity contribution >= 4 is 62.2 Å². The van der Waals surface area contributed by atoms with Crippen molar-refractivity contribution in [3.63, 3.8) is 0 Å². The number of likely N-dealkylation sites (tertiary alicyclic amines) is 1. The normalized spacial score (nSPS) is 18.3. The number of nitrogens with one attached hydrogen (secondary N) is 1. The van der Waals surface area contributed by atoms with Gasteiger partial charge in [-0.1, -0.05) is 0 Å². The SMILES string of the molecule is Nc1c(Br)cc(C[C@@H](CC(=O)N2CCC(N3CCc4cscc4NC3=O)CC2)C(=O)N2CCN(c3ccncc3)CC2)cc1C(F)(F)F. The molecule has 4 amide bonds. The molecular weight excluding hydrogens is 711 g/mol. The molecule has 2 fully saturated rings. The van der Waals surface area contributed by atoms with Crippen LogP contribution in [0, 0.1) is 5.92 Å². The van der Waals surface area contributed by atoms with Gasteiger partial charge in [0, 0.05) is 86.2 Å². The molecule has 0 bridgehead atoms. The van der Waals surface area contributed by atoms with Crippen molar-refractivity contribution in [2.45, 2.75) is 44.3 Å². The molecule has 0 saturated carbocycles. The largest absolute Gasteiger partial charge is 0.418 e. The monoisotopic (exact) mass is 747 g/mol. The van der Waals surface area contributed by atoms with E-state index < -0.39 is 23.3 Å². The van der Waals surface area contributed by atoms with Crippen molar-refractivity contribution in [3.05, 3.63) is 68.6 Å². The molecule has 0 spiro atoms. The third kappa shape index (κ3) is 7.56. The number of nitrogens with two attached hydrogens (primary N) is 1. The van der Waals surface area contributed by atoms with E-state index in [9.17, 15) is 27.6 Å². The van der Waals surface area contributed by atoms with Gasteiger partial charge < -0.3 is 30.7 Å². The molecule has 2 saturated heterocycles. The van der Waals surface area contributed by atoms with Crippen LogP contribution in [-0.4, -0.2) is 89.4 Å². The summed E-state index contributed by atoms with van der Waals surface area (Å²) in [7, 11) is 0. The van der Waals surface area contributed by atoms with E-state index >= 15 is 0 Å². The maximum Gasteiger partial charge on any atom is 0.418 e. The number of aromatic nitrogens is 1. The first-order valence-corrected chi connectivity index (χ1v) is 17.7. The number of anilines is 3. The van der Waals surface area contributed by atoms with Crippen molar-refractivity contribution in [2.24, 2.45) is 5.92 Å². The van der Waals surface area contributed by atoms with Crippen LogP contribution in [0.3, 0.4) is 0 Å². The lowest BCUT2D eigenvalue weighted by Gasteiger charge is -2.39. The van der Waals surface area contributed by atoms with E-state index in [0.717, 1.165) is 29.4 Å². The van der Waals surface area contributed by atoms with Crippen LogP contribution in [-0.2, 0) is 28.6 Å². The number of halogens is 4. The van der Waals surface area contributed by atoms with E-state index in [1.165, 1.54) is 6.07 Å². The van der Waals surface area contributed by atoms with Crippen LogP contribution in [0.1, 0.15) is 36.0 Å². The first kappa shape index (κ1) is 34.0. The van der Waals surface area contributed by atoms with Crippen LogP contribution in [0.4, 0.5) is 35.0 Å². The molecule has 3 aromatic rings. The van der Waals surface area contributed by atoms with E-state index in [4.69, 9.17) is 5.73 Å². The van der Waals surface area contributed by atoms with Crippen molar-refractivity contribution < 1.29 is 27.6 Å². The van der Waals surface area contributed by atoms with Gasteiger partial charge in [-0.2, -0.15) is 13.2 Å². The van der Waals surface area contributed by atoms with Gasteiger partial charge in [-0.3, -0.25) is 14.6 Å². The second-order valence-electron chi connectivity index (χ2n) is 12.5. The molecule has 0 unspecified atom stereocenters. The molecule has 5 heterocycles. The summed E-state index contributed by atoms with van der Waals surface area (Å²) in [6, 6.07) is 6.11. The smallest absolute Gasteiger partial charge is 0.397 e. The number of nitrogens with zero attached hydrogens (tertiary/aromatic N) is 5. The number of benzene rings is 1. The number of urea groups is 1. The fraction of sp³-hybridized carbons (Fsp3) is 0.455. The number of thiophene rings is 1. The zero-order chi connectivity index (χ0) is 34.0. The molecule has 1 aromatic carbocycles. The summed E-state index contributed by atoms with van der Waals surface area (Å²) < 4.78 is 41.5. The number of rotatable bonds is 7. The van der Waals surface area contributed by atoms with Crippen molar-refractivity contribution in [1.82, 2.24) is 19.7 Å². The van der Waals surface area contributed by atoms with E-state index in [1.54, 1.807) is 33.5 Å². The zero-order valence-electron chi connectivity index (χ0n) is 26.2. The summed E-state index contributed by atoms with van der Waals surface area (Å²) in [6.07, 6.45) is 0.505. The van der Waals surface area contributed by atoms with Crippen LogP contribution < -0.4 is 16.0 Å². The van der Waals surface area contributed by atoms with Gasteiger partial charge in [0.25, 0.3) is 0 Å². The maximum absolute atomic E-state index is 14.0. The number of hydrogen-bond acceptors (Lipinski definition) is 7. The molecule has 256 valence electrons. The Bertz CT molecular complexity index is 1640. The van der Waals surface area contributed by atoms with Crippen LogP contribution in [0.25, 0.3) is 0 Å².